The average molecular weight is 290 g/mol. The van der Waals surface area contributed by atoms with Gasteiger partial charge in [0.05, 0.1) is 5.39 Å². The molecule has 2 nitrogen and oxygen atoms in total. The van der Waals surface area contributed by atoms with E-state index in [9.17, 15) is 18.0 Å². The molecule has 0 unspecified atom stereocenters. The van der Waals surface area contributed by atoms with Crippen molar-refractivity contribution in [3.05, 3.63) is 70.6 Å². The first-order valence-corrected chi connectivity index (χ1v) is 6.15. The Hall–Kier alpha value is -2.56. The molecule has 21 heavy (non-hydrogen) atoms. The number of hydrogen-bond donors (Lipinski definition) is 0. The highest BCUT2D eigenvalue weighted by Crippen LogP contribution is 2.29. The number of hydrogen-bond acceptors (Lipinski definition) is 2. The molecule has 0 spiro atoms. The summed E-state index contributed by atoms with van der Waals surface area (Å²) in [7, 11) is 0. The Morgan fingerprint density at radius 2 is 1.62 bits per heavy atom. The fourth-order valence-electron chi connectivity index (χ4n) is 2.13. The van der Waals surface area contributed by atoms with Crippen molar-refractivity contribution < 1.29 is 17.6 Å². The van der Waals surface area contributed by atoms with E-state index in [1.165, 1.54) is 6.07 Å². The summed E-state index contributed by atoms with van der Waals surface area (Å²) in [5, 5.41) is -0.0792. The molecule has 1 aromatic heterocycles. The van der Waals surface area contributed by atoms with Crippen molar-refractivity contribution in [2.45, 2.75) is 6.18 Å². The smallest absolute Gasteiger partial charge is 0.423 e. The van der Waals surface area contributed by atoms with E-state index in [-0.39, 0.29) is 11.0 Å². The van der Waals surface area contributed by atoms with Crippen LogP contribution in [-0.2, 0) is 6.18 Å². The fourth-order valence-corrected chi connectivity index (χ4v) is 2.13. The second-order valence-corrected chi connectivity index (χ2v) is 4.55. The molecule has 0 aliphatic carbocycles. The molecule has 0 bridgehead atoms. The monoisotopic (exact) mass is 290 g/mol. The van der Waals surface area contributed by atoms with Gasteiger partial charge < -0.3 is 4.42 Å². The van der Waals surface area contributed by atoms with Crippen molar-refractivity contribution >= 4 is 11.0 Å². The van der Waals surface area contributed by atoms with E-state index < -0.39 is 17.2 Å². The molecule has 0 fully saturated rings. The number of fused-ring (bicyclic) bond motifs is 1. The molecule has 3 rings (SSSR count). The third-order valence-corrected chi connectivity index (χ3v) is 3.19. The molecular formula is C16H9F3O2. The van der Waals surface area contributed by atoms with Crippen molar-refractivity contribution in [3.63, 3.8) is 0 Å². The maximum atomic E-state index is 12.7. The Bertz CT molecular complexity index is 849. The first-order valence-electron chi connectivity index (χ1n) is 6.15. The minimum Gasteiger partial charge on any atom is -0.463 e. The normalized spacial score (nSPS) is 11.8. The van der Waals surface area contributed by atoms with E-state index in [1.807, 2.05) is 30.3 Å². The van der Waals surface area contributed by atoms with Gasteiger partial charge >= 0.3 is 6.18 Å². The van der Waals surface area contributed by atoms with Crippen LogP contribution in [0.3, 0.4) is 0 Å². The van der Waals surface area contributed by atoms with E-state index in [0.29, 0.717) is 6.26 Å². The minimum atomic E-state index is -4.72. The van der Waals surface area contributed by atoms with Crippen molar-refractivity contribution in [1.82, 2.24) is 0 Å². The molecule has 0 aliphatic heterocycles. The van der Waals surface area contributed by atoms with Gasteiger partial charge in [0.2, 0.25) is 5.43 Å². The molecule has 106 valence electrons. The molecule has 0 radical (unpaired) electrons. The number of alkyl halides is 3. The topological polar surface area (TPSA) is 30.2 Å². The summed E-state index contributed by atoms with van der Waals surface area (Å²) in [4.78, 5) is 11.8. The average Bonchev–Trinajstić information content (AvgIpc) is 2.47. The lowest BCUT2D eigenvalue weighted by atomic mass is 10.0. The predicted octanol–water partition coefficient (Wildman–Crippen LogP) is 4.48. The molecule has 3 aromatic rings. The highest BCUT2D eigenvalue weighted by Gasteiger charge is 2.35. The third-order valence-electron chi connectivity index (χ3n) is 3.19. The maximum Gasteiger partial charge on any atom is 0.423 e. The van der Waals surface area contributed by atoms with Crippen LogP contribution in [0, 0.1) is 0 Å². The zero-order chi connectivity index (χ0) is 15.0. The molecule has 2 aromatic carbocycles. The lowest BCUT2D eigenvalue weighted by Crippen LogP contribution is -2.18. The quantitative estimate of drug-likeness (QED) is 0.661. The Balaban J connectivity index is 2.20. The SMILES string of the molecule is O=c1c(C(F)(F)F)coc2cc(-c3ccccc3)ccc12. The third kappa shape index (κ3) is 2.42. The van der Waals surface area contributed by atoms with Gasteiger partial charge in [0, 0.05) is 0 Å². The van der Waals surface area contributed by atoms with Crippen LogP contribution in [0.25, 0.3) is 22.1 Å². The summed E-state index contributed by atoms with van der Waals surface area (Å²) in [5.74, 6) is 0. The largest absolute Gasteiger partial charge is 0.463 e. The molecule has 1 heterocycles. The van der Waals surface area contributed by atoms with Gasteiger partial charge in [-0.2, -0.15) is 13.2 Å². The second kappa shape index (κ2) is 4.77. The highest BCUT2D eigenvalue weighted by molar-refractivity contribution is 5.83. The van der Waals surface area contributed by atoms with Gasteiger partial charge in [-0.15, -0.1) is 0 Å². The van der Waals surface area contributed by atoms with E-state index in [2.05, 4.69) is 0 Å². The predicted molar refractivity (Wildman–Crippen MR) is 72.9 cm³/mol. The summed E-state index contributed by atoms with van der Waals surface area (Å²) in [6.07, 6.45) is -4.24. The molecule has 5 heteroatoms. The zero-order valence-corrected chi connectivity index (χ0v) is 10.6. The van der Waals surface area contributed by atoms with Crippen LogP contribution in [-0.4, -0.2) is 0 Å². The molecule has 0 aliphatic rings. The summed E-state index contributed by atoms with van der Waals surface area (Å²) >= 11 is 0. The van der Waals surface area contributed by atoms with E-state index >= 15 is 0 Å². The van der Waals surface area contributed by atoms with Crippen LogP contribution >= 0.6 is 0 Å². The van der Waals surface area contributed by atoms with Gasteiger partial charge in [-0.3, -0.25) is 4.79 Å². The van der Waals surface area contributed by atoms with E-state index in [4.69, 9.17) is 4.42 Å². The van der Waals surface area contributed by atoms with Crippen molar-refractivity contribution in [2.24, 2.45) is 0 Å². The highest BCUT2D eigenvalue weighted by atomic mass is 19.4. The lowest BCUT2D eigenvalue weighted by Gasteiger charge is -2.07. The first kappa shape index (κ1) is 13.4. The second-order valence-electron chi connectivity index (χ2n) is 4.55. The van der Waals surface area contributed by atoms with Crippen LogP contribution < -0.4 is 5.43 Å². The minimum absolute atomic E-state index is 0.0792. The fraction of sp³-hybridized carbons (Fsp3) is 0.0625. The van der Waals surface area contributed by atoms with Crippen LogP contribution in [0.4, 0.5) is 13.2 Å². The van der Waals surface area contributed by atoms with Gasteiger partial charge in [-0.1, -0.05) is 36.4 Å². The molecule has 0 atom stereocenters. The molecule has 0 saturated carbocycles. The molecule has 0 saturated heterocycles. The van der Waals surface area contributed by atoms with Gasteiger partial charge in [0.15, 0.2) is 0 Å². The first-order chi connectivity index (χ1) is 9.97. The van der Waals surface area contributed by atoms with E-state index in [1.54, 1.807) is 12.1 Å². The van der Waals surface area contributed by atoms with Crippen LogP contribution in [0.15, 0.2) is 64.0 Å². The van der Waals surface area contributed by atoms with Gasteiger partial charge in [-0.05, 0) is 23.3 Å². The van der Waals surface area contributed by atoms with Crippen LogP contribution in [0.1, 0.15) is 5.56 Å². The Kier molecular flexibility index (Phi) is 3.05. The van der Waals surface area contributed by atoms with Crippen molar-refractivity contribution in [2.75, 3.05) is 0 Å². The Morgan fingerprint density at radius 3 is 2.29 bits per heavy atom. The lowest BCUT2D eigenvalue weighted by molar-refractivity contribution is -0.139. The zero-order valence-electron chi connectivity index (χ0n) is 10.6. The number of halogens is 3. The summed E-state index contributed by atoms with van der Waals surface area (Å²) in [6, 6.07) is 13.8. The summed E-state index contributed by atoms with van der Waals surface area (Å²) in [6.45, 7) is 0. The van der Waals surface area contributed by atoms with Crippen LogP contribution in [0.2, 0.25) is 0 Å². The van der Waals surface area contributed by atoms with Crippen molar-refractivity contribution in [1.29, 1.82) is 0 Å². The van der Waals surface area contributed by atoms with Gasteiger partial charge in [0.1, 0.15) is 17.4 Å². The van der Waals surface area contributed by atoms with Crippen molar-refractivity contribution in [3.8, 4) is 11.1 Å². The standard InChI is InChI=1S/C16H9F3O2/c17-16(18,19)13-9-21-14-8-11(6-7-12(14)15(13)20)10-4-2-1-3-5-10/h1-9H. The summed E-state index contributed by atoms with van der Waals surface area (Å²) < 4.78 is 43.0. The van der Waals surface area contributed by atoms with Gasteiger partial charge in [-0.25, -0.2) is 0 Å². The summed E-state index contributed by atoms with van der Waals surface area (Å²) in [5.41, 5.74) is -0.562. The Labute approximate surface area is 117 Å². The Morgan fingerprint density at radius 1 is 0.905 bits per heavy atom. The molecular weight excluding hydrogens is 281 g/mol. The maximum absolute atomic E-state index is 12.7. The molecule has 0 N–H and O–H groups in total. The van der Waals surface area contributed by atoms with Gasteiger partial charge in [0.25, 0.3) is 0 Å². The molecule has 0 amide bonds. The van der Waals surface area contributed by atoms with Crippen LogP contribution in [0.5, 0.6) is 0 Å². The van der Waals surface area contributed by atoms with E-state index in [0.717, 1.165) is 11.1 Å². The number of rotatable bonds is 1. The number of benzene rings is 2.